The molecule has 2 aliphatic rings. The molecule has 1 heterocycles. The van der Waals surface area contributed by atoms with Crippen LogP contribution in [0.2, 0.25) is 0 Å². The molecule has 0 amide bonds. The first kappa shape index (κ1) is 14.3. The third-order valence-corrected chi connectivity index (χ3v) is 4.64. The highest BCUT2D eigenvalue weighted by Gasteiger charge is 2.31. The first-order chi connectivity index (χ1) is 8.69. The highest BCUT2D eigenvalue weighted by molar-refractivity contribution is 4.85. The van der Waals surface area contributed by atoms with E-state index in [9.17, 15) is 5.11 Å². The van der Waals surface area contributed by atoms with Crippen LogP contribution in [0.5, 0.6) is 0 Å². The summed E-state index contributed by atoms with van der Waals surface area (Å²) in [5.74, 6) is 1.94. The Morgan fingerprint density at radius 3 is 2.56 bits per heavy atom. The second-order valence-electron chi connectivity index (χ2n) is 6.55. The van der Waals surface area contributed by atoms with E-state index in [4.69, 9.17) is 0 Å². The summed E-state index contributed by atoms with van der Waals surface area (Å²) in [5, 5.41) is 12.9. The molecule has 2 fully saturated rings. The fourth-order valence-electron chi connectivity index (χ4n) is 3.79. The maximum Gasteiger partial charge on any atom is 0.0597 e. The summed E-state index contributed by atoms with van der Waals surface area (Å²) in [6.45, 7) is 8.06. The van der Waals surface area contributed by atoms with Crippen LogP contribution >= 0.6 is 0 Å². The molecule has 3 atom stereocenters. The molecule has 3 nitrogen and oxygen atoms in total. The van der Waals surface area contributed by atoms with E-state index in [0.717, 1.165) is 18.4 Å². The SMILES string of the molecule is CC(C)NC(CO)CN1CCC2CCCCC2C1. The molecular weight excluding hydrogens is 224 g/mol. The van der Waals surface area contributed by atoms with E-state index in [-0.39, 0.29) is 12.6 Å². The number of likely N-dealkylation sites (tertiary alicyclic amines) is 1. The molecule has 0 radical (unpaired) electrons. The predicted molar refractivity (Wildman–Crippen MR) is 75.7 cm³/mol. The van der Waals surface area contributed by atoms with Crippen LogP contribution in [-0.2, 0) is 0 Å². The van der Waals surface area contributed by atoms with Crippen LogP contribution in [0.1, 0.15) is 46.0 Å². The number of aliphatic hydroxyl groups is 1. The van der Waals surface area contributed by atoms with E-state index in [1.807, 2.05) is 0 Å². The molecule has 0 spiro atoms. The van der Waals surface area contributed by atoms with Gasteiger partial charge in [0.25, 0.3) is 0 Å². The zero-order chi connectivity index (χ0) is 13.0. The first-order valence-corrected chi connectivity index (χ1v) is 7.78. The van der Waals surface area contributed by atoms with Gasteiger partial charge in [-0.1, -0.05) is 33.1 Å². The quantitative estimate of drug-likeness (QED) is 0.786. The molecule has 1 saturated carbocycles. The van der Waals surface area contributed by atoms with E-state index in [0.29, 0.717) is 6.04 Å². The van der Waals surface area contributed by atoms with Gasteiger partial charge in [-0.2, -0.15) is 0 Å². The van der Waals surface area contributed by atoms with Gasteiger partial charge >= 0.3 is 0 Å². The van der Waals surface area contributed by atoms with Crippen molar-refractivity contribution in [2.75, 3.05) is 26.2 Å². The molecule has 0 aromatic rings. The Bertz CT molecular complexity index is 245. The average molecular weight is 254 g/mol. The lowest BCUT2D eigenvalue weighted by Crippen LogP contribution is -2.50. The highest BCUT2D eigenvalue weighted by Crippen LogP contribution is 2.35. The van der Waals surface area contributed by atoms with Gasteiger partial charge in [0, 0.05) is 25.2 Å². The van der Waals surface area contributed by atoms with Crippen molar-refractivity contribution in [1.82, 2.24) is 10.2 Å². The van der Waals surface area contributed by atoms with Gasteiger partial charge in [0.05, 0.1) is 6.61 Å². The van der Waals surface area contributed by atoms with Crippen LogP contribution in [0, 0.1) is 11.8 Å². The fraction of sp³-hybridized carbons (Fsp3) is 1.00. The lowest BCUT2D eigenvalue weighted by atomic mass is 9.75. The van der Waals surface area contributed by atoms with Gasteiger partial charge < -0.3 is 15.3 Å². The van der Waals surface area contributed by atoms with E-state index < -0.39 is 0 Å². The molecule has 0 aromatic carbocycles. The number of hydrogen-bond donors (Lipinski definition) is 2. The Morgan fingerprint density at radius 1 is 1.17 bits per heavy atom. The minimum absolute atomic E-state index is 0.241. The number of aliphatic hydroxyl groups excluding tert-OH is 1. The lowest BCUT2D eigenvalue weighted by molar-refractivity contribution is 0.0713. The van der Waals surface area contributed by atoms with E-state index in [1.165, 1.54) is 45.2 Å². The second-order valence-corrected chi connectivity index (χ2v) is 6.55. The van der Waals surface area contributed by atoms with E-state index in [2.05, 4.69) is 24.1 Å². The van der Waals surface area contributed by atoms with Crippen molar-refractivity contribution in [3.63, 3.8) is 0 Å². The molecule has 106 valence electrons. The van der Waals surface area contributed by atoms with Gasteiger partial charge in [-0.25, -0.2) is 0 Å². The van der Waals surface area contributed by atoms with Gasteiger partial charge in [-0.15, -0.1) is 0 Å². The van der Waals surface area contributed by atoms with Crippen LogP contribution in [-0.4, -0.2) is 48.3 Å². The number of nitrogens with one attached hydrogen (secondary N) is 1. The van der Waals surface area contributed by atoms with Crippen molar-refractivity contribution in [3.05, 3.63) is 0 Å². The number of nitrogens with zero attached hydrogens (tertiary/aromatic N) is 1. The molecule has 0 bridgehead atoms. The van der Waals surface area contributed by atoms with Crippen molar-refractivity contribution in [1.29, 1.82) is 0 Å². The van der Waals surface area contributed by atoms with Crippen molar-refractivity contribution in [2.24, 2.45) is 11.8 Å². The highest BCUT2D eigenvalue weighted by atomic mass is 16.3. The number of piperidine rings is 1. The van der Waals surface area contributed by atoms with E-state index >= 15 is 0 Å². The molecule has 2 N–H and O–H groups in total. The average Bonchev–Trinajstić information content (AvgIpc) is 2.37. The number of hydrogen-bond acceptors (Lipinski definition) is 3. The normalized spacial score (nSPS) is 31.3. The molecule has 2 rings (SSSR count). The molecule has 1 aliphatic heterocycles. The molecular formula is C15H30N2O. The topological polar surface area (TPSA) is 35.5 Å². The Balaban J connectivity index is 1.79. The minimum Gasteiger partial charge on any atom is -0.395 e. The fourth-order valence-corrected chi connectivity index (χ4v) is 3.79. The molecule has 1 aliphatic carbocycles. The Labute approximate surface area is 112 Å². The summed E-state index contributed by atoms with van der Waals surface area (Å²) in [5.41, 5.74) is 0. The minimum atomic E-state index is 0.241. The van der Waals surface area contributed by atoms with Gasteiger partial charge in [0.1, 0.15) is 0 Å². The van der Waals surface area contributed by atoms with Crippen LogP contribution in [0.15, 0.2) is 0 Å². The summed E-state index contributed by atoms with van der Waals surface area (Å²) in [4.78, 5) is 2.57. The number of fused-ring (bicyclic) bond motifs is 1. The molecule has 3 heteroatoms. The van der Waals surface area contributed by atoms with E-state index in [1.54, 1.807) is 0 Å². The van der Waals surface area contributed by atoms with Crippen molar-refractivity contribution < 1.29 is 5.11 Å². The van der Waals surface area contributed by atoms with Crippen molar-refractivity contribution in [3.8, 4) is 0 Å². The molecule has 3 unspecified atom stereocenters. The van der Waals surface area contributed by atoms with Gasteiger partial charge in [-0.3, -0.25) is 0 Å². The summed E-state index contributed by atoms with van der Waals surface area (Å²) in [6.07, 6.45) is 7.16. The third-order valence-electron chi connectivity index (χ3n) is 4.64. The lowest BCUT2D eigenvalue weighted by Gasteiger charge is -2.42. The zero-order valence-electron chi connectivity index (χ0n) is 12.1. The molecule has 0 aromatic heterocycles. The first-order valence-electron chi connectivity index (χ1n) is 7.78. The summed E-state index contributed by atoms with van der Waals surface area (Å²) >= 11 is 0. The Morgan fingerprint density at radius 2 is 1.89 bits per heavy atom. The van der Waals surface area contributed by atoms with Gasteiger partial charge in [0.2, 0.25) is 0 Å². The van der Waals surface area contributed by atoms with Crippen molar-refractivity contribution in [2.45, 2.75) is 58.0 Å². The van der Waals surface area contributed by atoms with Gasteiger partial charge in [0.15, 0.2) is 0 Å². The maximum absolute atomic E-state index is 9.45. The predicted octanol–water partition coefficient (Wildman–Crippen LogP) is 1.86. The van der Waals surface area contributed by atoms with Crippen molar-refractivity contribution >= 4 is 0 Å². The van der Waals surface area contributed by atoms with Crippen LogP contribution in [0.25, 0.3) is 0 Å². The third kappa shape index (κ3) is 3.94. The Kier molecular flexibility index (Phi) is 5.46. The monoisotopic (exact) mass is 254 g/mol. The van der Waals surface area contributed by atoms with Crippen LogP contribution in [0.4, 0.5) is 0 Å². The van der Waals surface area contributed by atoms with Gasteiger partial charge in [-0.05, 0) is 31.2 Å². The second kappa shape index (κ2) is 6.88. The smallest absolute Gasteiger partial charge is 0.0597 e. The summed E-state index contributed by atoms with van der Waals surface area (Å²) in [6, 6.07) is 0.694. The summed E-state index contributed by atoms with van der Waals surface area (Å²) < 4.78 is 0. The van der Waals surface area contributed by atoms with Crippen LogP contribution < -0.4 is 5.32 Å². The summed E-state index contributed by atoms with van der Waals surface area (Å²) in [7, 11) is 0. The standard InChI is InChI=1S/C15H30N2O/c1-12(2)16-15(11-18)10-17-8-7-13-5-3-4-6-14(13)9-17/h12-16,18H,3-11H2,1-2H3. The molecule has 18 heavy (non-hydrogen) atoms. The van der Waals surface area contributed by atoms with Crippen LogP contribution in [0.3, 0.4) is 0 Å². The largest absolute Gasteiger partial charge is 0.395 e. The maximum atomic E-state index is 9.45. The Hall–Kier alpha value is -0.120. The molecule has 1 saturated heterocycles. The zero-order valence-corrected chi connectivity index (χ0v) is 12.1. The number of rotatable bonds is 5.